The van der Waals surface area contributed by atoms with Gasteiger partial charge in [-0.2, -0.15) is 0 Å². The number of carbonyl (C=O) groups excluding carboxylic acids is 3. The van der Waals surface area contributed by atoms with Crippen molar-refractivity contribution < 1.29 is 33.0 Å². The number of hydrogen-bond acceptors (Lipinski definition) is 6. The summed E-state index contributed by atoms with van der Waals surface area (Å²) in [4.78, 5) is 39.4. The van der Waals surface area contributed by atoms with E-state index in [1.165, 1.54) is 31.3 Å². The van der Waals surface area contributed by atoms with Gasteiger partial charge in [-0.05, 0) is 36.2 Å². The lowest BCUT2D eigenvalue weighted by molar-refractivity contribution is -0.145. The minimum Gasteiger partial charge on any atom is -0.493 e. The number of esters is 1. The summed E-state index contributed by atoms with van der Waals surface area (Å²) in [6, 6.07) is 8.21. The van der Waals surface area contributed by atoms with E-state index in [4.69, 9.17) is 14.2 Å². The van der Waals surface area contributed by atoms with Crippen LogP contribution in [0.4, 0.5) is 4.39 Å². The van der Waals surface area contributed by atoms with Gasteiger partial charge >= 0.3 is 5.97 Å². The van der Waals surface area contributed by atoms with Crippen LogP contribution < -0.4 is 14.8 Å². The summed E-state index contributed by atoms with van der Waals surface area (Å²) >= 11 is 0. The molecule has 4 rings (SSSR count). The molecular formula is C22H21FN2O6. The third kappa shape index (κ3) is 3.67. The molecule has 1 fully saturated rings. The molecule has 0 radical (unpaired) electrons. The number of halogens is 1. The summed E-state index contributed by atoms with van der Waals surface area (Å²) in [7, 11) is 2.86. The normalized spacial score (nSPS) is 19.8. The molecule has 2 amide bonds. The van der Waals surface area contributed by atoms with Gasteiger partial charge in [-0.15, -0.1) is 0 Å². The summed E-state index contributed by atoms with van der Waals surface area (Å²) in [6.45, 7) is 0.184. The number of hydrogen-bond donors (Lipinski definition) is 1. The van der Waals surface area contributed by atoms with E-state index < -0.39 is 18.2 Å². The second-order valence-corrected chi connectivity index (χ2v) is 7.22. The monoisotopic (exact) mass is 428 g/mol. The zero-order valence-corrected chi connectivity index (χ0v) is 17.0. The smallest absolute Gasteiger partial charge is 0.344 e. The van der Waals surface area contributed by atoms with E-state index in [1.54, 1.807) is 24.3 Å². The minimum absolute atomic E-state index is 0.158. The molecule has 162 valence electrons. The number of fused-ring (bicyclic) bond motifs is 1. The van der Waals surface area contributed by atoms with Gasteiger partial charge in [-0.1, -0.05) is 12.1 Å². The average molecular weight is 428 g/mol. The molecular weight excluding hydrogens is 407 g/mol. The molecule has 1 saturated heterocycles. The van der Waals surface area contributed by atoms with Crippen LogP contribution in [0.2, 0.25) is 0 Å². The first-order valence-electron chi connectivity index (χ1n) is 9.73. The number of carbonyl (C=O) groups is 3. The number of cyclic esters (lactones) is 1. The van der Waals surface area contributed by atoms with Crippen LogP contribution in [-0.2, 0) is 20.9 Å². The van der Waals surface area contributed by atoms with Crippen LogP contribution >= 0.6 is 0 Å². The van der Waals surface area contributed by atoms with E-state index in [2.05, 4.69) is 5.32 Å². The fourth-order valence-electron chi connectivity index (χ4n) is 3.95. The molecule has 0 aromatic heterocycles. The Hall–Kier alpha value is -3.62. The van der Waals surface area contributed by atoms with Crippen LogP contribution in [0.25, 0.3) is 0 Å². The van der Waals surface area contributed by atoms with Crippen LogP contribution in [0.1, 0.15) is 40.6 Å². The average Bonchev–Trinajstić information content (AvgIpc) is 3.32. The zero-order valence-electron chi connectivity index (χ0n) is 17.0. The van der Waals surface area contributed by atoms with Gasteiger partial charge in [0, 0.05) is 18.5 Å². The summed E-state index contributed by atoms with van der Waals surface area (Å²) in [5.41, 5.74) is 1.34. The van der Waals surface area contributed by atoms with Crippen LogP contribution in [0, 0.1) is 5.82 Å². The number of rotatable bonds is 6. The standard InChI is InChI=1S/C22H21FN2O6/c1-29-16-9-7-14-18(19(16)30-2)22(28)31-21(14)25-15(8-10-17(25)26)20(27)24-11-12-3-5-13(23)6-4-12/h3-7,9,15,21H,8,10-11H2,1-2H3,(H,24,27)/t15-,21+/m0/s1. The molecule has 2 aliphatic heterocycles. The molecule has 2 aromatic rings. The molecule has 8 nitrogen and oxygen atoms in total. The molecule has 2 heterocycles. The summed E-state index contributed by atoms with van der Waals surface area (Å²) in [6.07, 6.45) is -0.574. The number of methoxy groups -OCH3 is 2. The Labute approximate surface area is 177 Å². The van der Waals surface area contributed by atoms with Gasteiger partial charge in [0.05, 0.1) is 14.2 Å². The summed E-state index contributed by atoms with van der Waals surface area (Å²) in [5.74, 6) is -1.10. The molecule has 0 unspecified atom stereocenters. The van der Waals surface area contributed by atoms with Crippen molar-refractivity contribution in [1.29, 1.82) is 0 Å². The van der Waals surface area contributed by atoms with Gasteiger partial charge in [0.1, 0.15) is 17.4 Å². The summed E-state index contributed by atoms with van der Waals surface area (Å²) < 4.78 is 29.1. The van der Waals surface area contributed by atoms with Crippen LogP contribution in [0.5, 0.6) is 11.5 Å². The first kappa shape index (κ1) is 20.6. The number of nitrogens with one attached hydrogen (secondary N) is 1. The van der Waals surface area contributed by atoms with E-state index in [1.807, 2.05) is 0 Å². The Kier molecular flexibility index (Phi) is 5.50. The molecule has 2 atom stereocenters. The van der Waals surface area contributed by atoms with E-state index in [-0.39, 0.29) is 41.9 Å². The molecule has 2 aliphatic rings. The first-order valence-corrected chi connectivity index (χ1v) is 9.73. The number of benzene rings is 2. The predicted molar refractivity (Wildman–Crippen MR) is 106 cm³/mol. The molecule has 2 aromatic carbocycles. The van der Waals surface area contributed by atoms with Crippen molar-refractivity contribution in [2.45, 2.75) is 31.7 Å². The third-order valence-electron chi connectivity index (χ3n) is 5.46. The highest BCUT2D eigenvalue weighted by Gasteiger charge is 2.47. The van der Waals surface area contributed by atoms with Crippen molar-refractivity contribution in [3.63, 3.8) is 0 Å². The van der Waals surface area contributed by atoms with E-state index >= 15 is 0 Å². The quantitative estimate of drug-likeness (QED) is 0.710. The fourth-order valence-corrected chi connectivity index (χ4v) is 3.95. The van der Waals surface area contributed by atoms with Crippen molar-refractivity contribution in [3.05, 3.63) is 58.9 Å². The van der Waals surface area contributed by atoms with Gasteiger partial charge in [0.25, 0.3) is 0 Å². The third-order valence-corrected chi connectivity index (χ3v) is 5.46. The lowest BCUT2D eigenvalue weighted by atomic mass is 10.1. The topological polar surface area (TPSA) is 94.2 Å². The summed E-state index contributed by atoms with van der Waals surface area (Å²) in [5, 5.41) is 2.77. The fraction of sp³-hybridized carbons (Fsp3) is 0.318. The van der Waals surface area contributed by atoms with E-state index in [0.29, 0.717) is 17.7 Å². The van der Waals surface area contributed by atoms with Gasteiger partial charge in [-0.25, -0.2) is 9.18 Å². The highest BCUT2D eigenvalue weighted by Crippen LogP contribution is 2.45. The second-order valence-electron chi connectivity index (χ2n) is 7.22. The predicted octanol–water partition coefficient (Wildman–Crippen LogP) is 2.32. The van der Waals surface area contributed by atoms with E-state index in [9.17, 15) is 18.8 Å². The maximum atomic E-state index is 13.1. The van der Waals surface area contributed by atoms with Gasteiger partial charge in [0.15, 0.2) is 11.5 Å². The van der Waals surface area contributed by atoms with Crippen LogP contribution in [0.15, 0.2) is 36.4 Å². The molecule has 0 spiro atoms. The van der Waals surface area contributed by atoms with Crippen LogP contribution in [0.3, 0.4) is 0 Å². The van der Waals surface area contributed by atoms with E-state index in [0.717, 1.165) is 5.56 Å². The molecule has 0 bridgehead atoms. The van der Waals surface area contributed by atoms with Gasteiger partial charge in [-0.3, -0.25) is 14.5 Å². The first-order chi connectivity index (χ1) is 14.9. The van der Waals surface area contributed by atoms with Gasteiger partial charge < -0.3 is 19.5 Å². The van der Waals surface area contributed by atoms with Crippen molar-refractivity contribution in [2.24, 2.45) is 0 Å². The second kappa shape index (κ2) is 8.25. The van der Waals surface area contributed by atoms with Crippen molar-refractivity contribution in [1.82, 2.24) is 10.2 Å². The molecule has 9 heteroatoms. The zero-order chi connectivity index (χ0) is 22.1. The lowest BCUT2D eigenvalue weighted by Crippen LogP contribution is -2.46. The number of amides is 2. The Morgan fingerprint density at radius 3 is 2.58 bits per heavy atom. The van der Waals surface area contributed by atoms with Crippen molar-refractivity contribution in [2.75, 3.05) is 14.2 Å². The van der Waals surface area contributed by atoms with Gasteiger partial charge in [0.2, 0.25) is 18.0 Å². The minimum atomic E-state index is -1.03. The molecule has 0 aliphatic carbocycles. The molecule has 1 N–H and O–H groups in total. The lowest BCUT2D eigenvalue weighted by Gasteiger charge is -2.29. The number of ether oxygens (including phenoxy) is 3. The van der Waals surface area contributed by atoms with Crippen LogP contribution in [-0.4, -0.2) is 42.9 Å². The van der Waals surface area contributed by atoms with Crippen molar-refractivity contribution >= 4 is 17.8 Å². The Morgan fingerprint density at radius 1 is 1.16 bits per heavy atom. The molecule has 0 saturated carbocycles. The molecule has 31 heavy (non-hydrogen) atoms. The maximum Gasteiger partial charge on any atom is 0.344 e. The number of nitrogens with zero attached hydrogens (tertiary/aromatic N) is 1. The SMILES string of the molecule is COc1ccc2c(c1OC)C(=O)O[C@H]2N1C(=O)CC[C@H]1C(=O)NCc1ccc(F)cc1. The highest BCUT2D eigenvalue weighted by atomic mass is 19.1. The highest BCUT2D eigenvalue weighted by molar-refractivity contribution is 5.99. The van der Waals surface area contributed by atoms with Crippen molar-refractivity contribution in [3.8, 4) is 11.5 Å². The number of likely N-dealkylation sites (tertiary alicyclic amines) is 1. The maximum absolute atomic E-state index is 13.1. The Balaban J connectivity index is 1.57. The Morgan fingerprint density at radius 2 is 1.90 bits per heavy atom. The Bertz CT molecular complexity index is 1040. The largest absolute Gasteiger partial charge is 0.493 e.